The number of nitro benzene ring substituents is 1. The predicted molar refractivity (Wildman–Crippen MR) is 72.9 cm³/mol. The Morgan fingerprint density at radius 3 is 2.32 bits per heavy atom. The van der Waals surface area contributed by atoms with Gasteiger partial charge in [0, 0.05) is 6.04 Å². The van der Waals surface area contributed by atoms with Crippen molar-refractivity contribution in [2.24, 2.45) is 11.1 Å². The van der Waals surface area contributed by atoms with E-state index in [-0.39, 0.29) is 30.3 Å². The molecule has 2 N–H and O–H groups in total. The van der Waals surface area contributed by atoms with Gasteiger partial charge in [-0.15, -0.1) is 12.4 Å². The smallest absolute Gasteiger partial charge is 0.278 e. The Morgan fingerprint density at radius 1 is 1.32 bits per heavy atom. The summed E-state index contributed by atoms with van der Waals surface area (Å²) >= 11 is 0. The van der Waals surface area contributed by atoms with Crippen LogP contribution in [0.5, 0.6) is 11.5 Å². The van der Waals surface area contributed by atoms with E-state index >= 15 is 0 Å². The van der Waals surface area contributed by atoms with Crippen LogP contribution >= 0.6 is 12.4 Å². The standard InChI is InChI=1S/C12H16N2O4.ClH/c1-12(2,3)11(13)7-4-9-10(18-6-17-9)5-8(7)14(15)16;/h4-5,11H,6,13H2,1-3H3;1H/t11-;/m0./s1. The van der Waals surface area contributed by atoms with Crippen LogP contribution in [0.1, 0.15) is 32.4 Å². The van der Waals surface area contributed by atoms with Gasteiger partial charge in [-0.25, -0.2) is 0 Å². The van der Waals surface area contributed by atoms with E-state index in [9.17, 15) is 10.1 Å². The molecule has 0 radical (unpaired) electrons. The number of hydrogen-bond acceptors (Lipinski definition) is 5. The van der Waals surface area contributed by atoms with E-state index in [0.717, 1.165) is 0 Å². The molecule has 0 spiro atoms. The molecule has 19 heavy (non-hydrogen) atoms. The predicted octanol–water partition coefficient (Wildman–Crippen LogP) is 2.79. The highest BCUT2D eigenvalue weighted by Gasteiger charge is 2.31. The van der Waals surface area contributed by atoms with Gasteiger partial charge in [-0.3, -0.25) is 10.1 Å². The van der Waals surface area contributed by atoms with Crippen LogP contribution in [0.2, 0.25) is 0 Å². The molecule has 0 aliphatic carbocycles. The Hall–Kier alpha value is -1.53. The van der Waals surface area contributed by atoms with Crippen molar-refractivity contribution in [1.29, 1.82) is 0 Å². The number of benzene rings is 1. The highest BCUT2D eigenvalue weighted by Crippen LogP contribution is 2.43. The second kappa shape index (κ2) is 5.22. The van der Waals surface area contributed by atoms with Gasteiger partial charge in [0.25, 0.3) is 5.69 Å². The highest BCUT2D eigenvalue weighted by atomic mass is 35.5. The summed E-state index contributed by atoms with van der Waals surface area (Å²) in [5, 5.41) is 11.1. The monoisotopic (exact) mass is 288 g/mol. The first kappa shape index (κ1) is 15.5. The Morgan fingerprint density at radius 2 is 1.84 bits per heavy atom. The Labute approximate surface area is 117 Å². The zero-order valence-electron chi connectivity index (χ0n) is 11.0. The summed E-state index contributed by atoms with van der Waals surface area (Å²) in [4.78, 5) is 10.7. The minimum absolute atomic E-state index is 0. The van der Waals surface area contributed by atoms with Gasteiger partial charge in [0.15, 0.2) is 11.5 Å². The second-order valence-corrected chi connectivity index (χ2v) is 5.37. The van der Waals surface area contributed by atoms with Crippen molar-refractivity contribution in [3.63, 3.8) is 0 Å². The summed E-state index contributed by atoms with van der Waals surface area (Å²) in [6.45, 7) is 5.89. The molecule has 6 nitrogen and oxygen atoms in total. The first-order valence-corrected chi connectivity index (χ1v) is 5.64. The summed E-state index contributed by atoms with van der Waals surface area (Å²) in [5.74, 6) is 0.904. The van der Waals surface area contributed by atoms with Crippen molar-refractivity contribution in [2.75, 3.05) is 6.79 Å². The molecule has 1 aliphatic heterocycles. The molecule has 0 bridgehead atoms. The van der Waals surface area contributed by atoms with Gasteiger partial charge >= 0.3 is 0 Å². The Kier molecular flexibility index (Phi) is 4.27. The van der Waals surface area contributed by atoms with Crippen LogP contribution in [-0.2, 0) is 0 Å². The van der Waals surface area contributed by atoms with E-state index in [0.29, 0.717) is 17.1 Å². The lowest BCUT2D eigenvalue weighted by Crippen LogP contribution is -2.27. The molecule has 2 rings (SSSR count). The number of hydrogen-bond donors (Lipinski definition) is 1. The lowest BCUT2D eigenvalue weighted by atomic mass is 9.82. The summed E-state index contributed by atoms with van der Waals surface area (Å²) in [6, 6.07) is 2.53. The average molecular weight is 289 g/mol. The minimum atomic E-state index is -0.451. The number of nitro groups is 1. The molecule has 0 saturated carbocycles. The van der Waals surface area contributed by atoms with Crippen molar-refractivity contribution in [1.82, 2.24) is 0 Å². The van der Waals surface area contributed by atoms with Gasteiger partial charge in [0.1, 0.15) is 0 Å². The third kappa shape index (κ3) is 2.90. The van der Waals surface area contributed by atoms with Crippen molar-refractivity contribution in [3.05, 3.63) is 27.8 Å². The first-order chi connectivity index (χ1) is 8.30. The van der Waals surface area contributed by atoms with E-state index in [1.807, 2.05) is 20.8 Å². The minimum Gasteiger partial charge on any atom is -0.454 e. The molecule has 1 aliphatic rings. The molecule has 1 aromatic carbocycles. The molecule has 7 heteroatoms. The number of fused-ring (bicyclic) bond motifs is 1. The van der Waals surface area contributed by atoms with Gasteiger partial charge < -0.3 is 15.2 Å². The molecule has 0 amide bonds. The molecule has 1 aromatic rings. The third-order valence-electron chi connectivity index (χ3n) is 2.99. The van der Waals surface area contributed by atoms with Gasteiger partial charge in [0.05, 0.1) is 16.6 Å². The van der Waals surface area contributed by atoms with Gasteiger partial charge in [0.2, 0.25) is 6.79 Å². The number of rotatable bonds is 2. The van der Waals surface area contributed by atoms with Gasteiger partial charge in [-0.05, 0) is 11.5 Å². The number of nitrogens with two attached hydrogens (primary N) is 1. The largest absolute Gasteiger partial charge is 0.454 e. The van der Waals surface area contributed by atoms with Crippen LogP contribution in [0, 0.1) is 15.5 Å². The van der Waals surface area contributed by atoms with Crippen molar-refractivity contribution < 1.29 is 14.4 Å². The second-order valence-electron chi connectivity index (χ2n) is 5.37. The fourth-order valence-corrected chi connectivity index (χ4v) is 1.82. The highest BCUT2D eigenvalue weighted by molar-refractivity contribution is 5.85. The number of nitrogens with zero attached hydrogens (tertiary/aromatic N) is 1. The number of ether oxygens (including phenoxy) is 2. The Bertz CT molecular complexity index is 499. The molecule has 1 heterocycles. The van der Waals surface area contributed by atoms with Gasteiger partial charge in [-0.1, -0.05) is 20.8 Å². The summed E-state index contributed by atoms with van der Waals surface area (Å²) < 4.78 is 10.4. The molecule has 106 valence electrons. The van der Waals surface area contributed by atoms with E-state index in [4.69, 9.17) is 15.2 Å². The van der Waals surface area contributed by atoms with Crippen LogP contribution < -0.4 is 15.2 Å². The van der Waals surface area contributed by atoms with Crippen LogP contribution in [0.4, 0.5) is 5.69 Å². The molecule has 0 unspecified atom stereocenters. The summed E-state index contributed by atoms with van der Waals surface area (Å²) in [5.41, 5.74) is 6.27. The summed E-state index contributed by atoms with van der Waals surface area (Å²) in [6.07, 6.45) is 0. The SMILES string of the molecule is CC(C)(C)[C@@H](N)c1cc2c(cc1[N+](=O)[O-])OCO2.Cl. The van der Waals surface area contributed by atoms with E-state index in [1.165, 1.54) is 6.07 Å². The molecular formula is C12H17ClN2O4. The van der Waals surface area contributed by atoms with Crippen LogP contribution in [0.3, 0.4) is 0 Å². The zero-order valence-corrected chi connectivity index (χ0v) is 11.8. The van der Waals surface area contributed by atoms with E-state index in [1.54, 1.807) is 6.07 Å². The molecule has 1 atom stereocenters. The van der Waals surface area contributed by atoms with Crippen LogP contribution in [-0.4, -0.2) is 11.7 Å². The molecular weight excluding hydrogens is 272 g/mol. The number of halogens is 1. The van der Waals surface area contributed by atoms with Crippen molar-refractivity contribution >= 4 is 18.1 Å². The van der Waals surface area contributed by atoms with E-state index in [2.05, 4.69) is 0 Å². The zero-order chi connectivity index (χ0) is 13.5. The fraction of sp³-hybridized carbons (Fsp3) is 0.500. The lowest BCUT2D eigenvalue weighted by Gasteiger charge is -2.27. The molecule has 0 aromatic heterocycles. The first-order valence-electron chi connectivity index (χ1n) is 5.64. The third-order valence-corrected chi connectivity index (χ3v) is 2.99. The Balaban J connectivity index is 0.00000180. The quantitative estimate of drug-likeness (QED) is 0.668. The maximum Gasteiger partial charge on any atom is 0.278 e. The lowest BCUT2D eigenvalue weighted by molar-refractivity contribution is -0.385. The van der Waals surface area contributed by atoms with E-state index < -0.39 is 11.0 Å². The van der Waals surface area contributed by atoms with Crippen molar-refractivity contribution in [2.45, 2.75) is 26.8 Å². The molecule has 0 fully saturated rings. The topological polar surface area (TPSA) is 87.6 Å². The van der Waals surface area contributed by atoms with Crippen molar-refractivity contribution in [3.8, 4) is 11.5 Å². The summed E-state index contributed by atoms with van der Waals surface area (Å²) in [7, 11) is 0. The maximum absolute atomic E-state index is 11.1. The normalized spacial score (nSPS) is 14.7. The van der Waals surface area contributed by atoms with Gasteiger partial charge in [-0.2, -0.15) is 0 Å². The molecule has 0 saturated heterocycles. The van der Waals surface area contributed by atoms with Crippen LogP contribution in [0.25, 0.3) is 0 Å². The van der Waals surface area contributed by atoms with Crippen LogP contribution in [0.15, 0.2) is 12.1 Å². The fourth-order valence-electron chi connectivity index (χ4n) is 1.82. The average Bonchev–Trinajstić information content (AvgIpc) is 2.71. The maximum atomic E-state index is 11.1.